The molecule has 0 fully saturated rings. The lowest BCUT2D eigenvalue weighted by molar-refractivity contribution is 0.0472. The van der Waals surface area contributed by atoms with Gasteiger partial charge in [-0.3, -0.25) is 0 Å². The van der Waals surface area contributed by atoms with Crippen LogP contribution in [0.15, 0.2) is 34.1 Å². The zero-order valence-corrected chi connectivity index (χ0v) is 13.3. The van der Waals surface area contributed by atoms with Crippen LogP contribution in [0.2, 0.25) is 0 Å². The second-order valence-corrected chi connectivity index (χ2v) is 5.88. The molecule has 0 aliphatic rings. The smallest absolute Gasteiger partial charge is 0.342 e. The van der Waals surface area contributed by atoms with Crippen molar-refractivity contribution in [3.63, 3.8) is 0 Å². The third-order valence-electron chi connectivity index (χ3n) is 2.52. The third-order valence-corrected chi connectivity index (χ3v) is 4.19. The van der Waals surface area contributed by atoms with Crippen LogP contribution in [0.3, 0.4) is 0 Å². The van der Waals surface area contributed by atoms with Crippen LogP contribution in [0.5, 0.6) is 5.75 Å². The highest BCUT2D eigenvalue weighted by atomic mass is 79.9. The topological polar surface area (TPSA) is 61.5 Å². The number of thiophene rings is 1. The Kier molecular flexibility index (Phi) is 5.03. The molecule has 0 atom stereocenters. The van der Waals surface area contributed by atoms with Crippen LogP contribution in [0.1, 0.15) is 22.2 Å². The number of hydrogen-bond donors (Lipinski definition) is 1. The highest BCUT2D eigenvalue weighted by Crippen LogP contribution is 2.28. The SMILES string of the molecule is CCOc1c(N)cccc1C(=O)OCc1cc(Br)cs1. The maximum Gasteiger partial charge on any atom is 0.342 e. The summed E-state index contributed by atoms with van der Waals surface area (Å²) in [4.78, 5) is 13.1. The molecular weight excluding hydrogens is 342 g/mol. The van der Waals surface area contributed by atoms with Gasteiger partial charge in [0.15, 0.2) is 5.75 Å². The van der Waals surface area contributed by atoms with Gasteiger partial charge in [-0.2, -0.15) is 0 Å². The van der Waals surface area contributed by atoms with Crippen molar-refractivity contribution in [3.05, 3.63) is 44.6 Å². The van der Waals surface area contributed by atoms with Crippen LogP contribution in [0, 0.1) is 0 Å². The molecule has 0 bridgehead atoms. The minimum atomic E-state index is -0.440. The van der Waals surface area contributed by atoms with E-state index >= 15 is 0 Å². The monoisotopic (exact) mass is 355 g/mol. The maximum absolute atomic E-state index is 12.1. The van der Waals surface area contributed by atoms with Gasteiger partial charge in [0.25, 0.3) is 0 Å². The number of para-hydroxylation sites is 1. The Hall–Kier alpha value is -1.53. The average Bonchev–Trinajstić information content (AvgIpc) is 2.84. The molecule has 0 unspecified atom stereocenters. The van der Waals surface area contributed by atoms with Gasteiger partial charge in [0, 0.05) is 14.7 Å². The molecule has 0 amide bonds. The van der Waals surface area contributed by atoms with E-state index in [1.807, 2.05) is 18.4 Å². The Morgan fingerprint density at radius 3 is 2.90 bits per heavy atom. The molecule has 0 aliphatic heterocycles. The molecule has 0 radical (unpaired) electrons. The van der Waals surface area contributed by atoms with Gasteiger partial charge < -0.3 is 15.2 Å². The number of carbonyl (C=O) groups excluding carboxylic acids is 1. The predicted octanol–water partition coefficient (Wildman–Crippen LogP) is 3.85. The summed E-state index contributed by atoms with van der Waals surface area (Å²) in [5.41, 5.74) is 6.60. The minimum absolute atomic E-state index is 0.232. The first-order valence-corrected chi connectivity index (χ1v) is 7.70. The molecular formula is C14H14BrNO3S. The number of nitrogens with two attached hydrogens (primary N) is 1. The van der Waals surface area contributed by atoms with Crippen molar-refractivity contribution in [2.24, 2.45) is 0 Å². The molecule has 0 aliphatic carbocycles. The number of anilines is 1. The first kappa shape index (κ1) is 14.9. The number of nitrogen functional groups attached to an aromatic ring is 1. The molecule has 106 valence electrons. The molecule has 0 saturated heterocycles. The van der Waals surface area contributed by atoms with Crippen molar-refractivity contribution >= 4 is 38.9 Å². The highest BCUT2D eigenvalue weighted by molar-refractivity contribution is 9.10. The first-order chi connectivity index (χ1) is 9.61. The van der Waals surface area contributed by atoms with Crippen molar-refractivity contribution in [1.29, 1.82) is 0 Å². The molecule has 20 heavy (non-hydrogen) atoms. The minimum Gasteiger partial charge on any atom is -0.491 e. The highest BCUT2D eigenvalue weighted by Gasteiger charge is 2.16. The lowest BCUT2D eigenvalue weighted by Crippen LogP contribution is -2.09. The zero-order valence-electron chi connectivity index (χ0n) is 10.9. The lowest BCUT2D eigenvalue weighted by Gasteiger charge is -2.11. The van der Waals surface area contributed by atoms with Crippen LogP contribution in [-0.2, 0) is 11.3 Å². The quantitative estimate of drug-likeness (QED) is 0.653. The maximum atomic E-state index is 12.1. The van der Waals surface area contributed by atoms with Crippen LogP contribution < -0.4 is 10.5 Å². The van der Waals surface area contributed by atoms with Crippen molar-refractivity contribution in [2.75, 3.05) is 12.3 Å². The van der Waals surface area contributed by atoms with Crippen LogP contribution >= 0.6 is 27.3 Å². The molecule has 6 heteroatoms. The normalized spacial score (nSPS) is 10.3. The number of rotatable bonds is 5. The standard InChI is InChI=1S/C14H14BrNO3S/c1-2-18-13-11(4-3-5-12(13)16)14(17)19-7-10-6-9(15)8-20-10/h3-6,8H,2,7,16H2,1H3. The van der Waals surface area contributed by atoms with E-state index in [1.165, 1.54) is 11.3 Å². The van der Waals surface area contributed by atoms with Crippen LogP contribution in [-0.4, -0.2) is 12.6 Å². The Bertz CT molecular complexity index is 612. The third kappa shape index (κ3) is 3.52. The molecule has 2 rings (SSSR count). The van der Waals surface area contributed by atoms with E-state index in [1.54, 1.807) is 18.2 Å². The van der Waals surface area contributed by atoms with Crippen molar-refractivity contribution in [3.8, 4) is 5.75 Å². The molecule has 0 saturated carbocycles. The summed E-state index contributed by atoms with van der Waals surface area (Å²) < 4.78 is 11.7. The van der Waals surface area contributed by atoms with E-state index in [2.05, 4.69) is 15.9 Å². The van der Waals surface area contributed by atoms with Gasteiger partial charge in [-0.1, -0.05) is 6.07 Å². The average molecular weight is 356 g/mol. The van der Waals surface area contributed by atoms with Gasteiger partial charge in [-0.15, -0.1) is 11.3 Å². The van der Waals surface area contributed by atoms with E-state index in [4.69, 9.17) is 15.2 Å². The lowest BCUT2D eigenvalue weighted by atomic mass is 10.2. The number of hydrogen-bond acceptors (Lipinski definition) is 5. The van der Waals surface area contributed by atoms with E-state index in [9.17, 15) is 4.79 Å². The molecule has 1 heterocycles. The van der Waals surface area contributed by atoms with E-state index in [0.29, 0.717) is 23.6 Å². The fourth-order valence-electron chi connectivity index (χ4n) is 1.66. The molecule has 2 aromatic rings. The summed E-state index contributed by atoms with van der Waals surface area (Å²) in [5, 5.41) is 1.94. The second-order valence-electron chi connectivity index (χ2n) is 3.96. The predicted molar refractivity (Wildman–Crippen MR) is 83.2 cm³/mol. The number of ether oxygens (including phenoxy) is 2. The summed E-state index contributed by atoms with van der Waals surface area (Å²) >= 11 is 4.88. The number of benzene rings is 1. The fraction of sp³-hybridized carbons (Fsp3) is 0.214. The molecule has 4 nitrogen and oxygen atoms in total. The van der Waals surface area contributed by atoms with Gasteiger partial charge >= 0.3 is 5.97 Å². The van der Waals surface area contributed by atoms with Gasteiger partial charge in [0.1, 0.15) is 12.2 Å². The Morgan fingerprint density at radius 1 is 1.45 bits per heavy atom. The summed E-state index contributed by atoms with van der Waals surface area (Å²) in [5.74, 6) is -0.0577. The van der Waals surface area contributed by atoms with Crippen LogP contribution in [0.4, 0.5) is 5.69 Å². The van der Waals surface area contributed by atoms with Crippen molar-refractivity contribution in [1.82, 2.24) is 0 Å². The van der Waals surface area contributed by atoms with Gasteiger partial charge in [-0.05, 0) is 41.1 Å². The van der Waals surface area contributed by atoms with Gasteiger partial charge in [-0.25, -0.2) is 4.79 Å². The van der Waals surface area contributed by atoms with Gasteiger partial charge in [0.05, 0.1) is 12.3 Å². The molecule has 1 aromatic heterocycles. The van der Waals surface area contributed by atoms with Crippen molar-refractivity contribution < 1.29 is 14.3 Å². The summed E-state index contributed by atoms with van der Waals surface area (Å²) in [6.07, 6.45) is 0. The summed E-state index contributed by atoms with van der Waals surface area (Å²) in [7, 11) is 0. The molecule has 1 aromatic carbocycles. The molecule has 0 spiro atoms. The van der Waals surface area contributed by atoms with E-state index in [0.717, 1.165) is 9.35 Å². The Labute approximate surface area is 129 Å². The summed E-state index contributed by atoms with van der Waals surface area (Å²) in [6.45, 7) is 2.51. The van der Waals surface area contributed by atoms with Crippen molar-refractivity contribution in [2.45, 2.75) is 13.5 Å². The summed E-state index contributed by atoms with van der Waals surface area (Å²) in [6, 6.07) is 6.96. The molecule has 2 N–H and O–H groups in total. The second kappa shape index (κ2) is 6.76. The number of esters is 1. The van der Waals surface area contributed by atoms with Crippen LogP contribution in [0.25, 0.3) is 0 Å². The number of halogens is 1. The largest absolute Gasteiger partial charge is 0.491 e. The Morgan fingerprint density at radius 2 is 2.25 bits per heavy atom. The number of carbonyl (C=O) groups is 1. The fourth-order valence-corrected chi connectivity index (χ4v) is 3.03. The van der Waals surface area contributed by atoms with E-state index in [-0.39, 0.29) is 6.61 Å². The van der Waals surface area contributed by atoms with E-state index < -0.39 is 5.97 Å². The first-order valence-electron chi connectivity index (χ1n) is 6.03. The Balaban J connectivity index is 2.10. The van der Waals surface area contributed by atoms with Gasteiger partial charge in [0.2, 0.25) is 0 Å². The zero-order chi connectivity index (χ0) is 14.5.